The summed E-state index contributed by atoms with van der Waals surface area (Å²) in [6, 6.07) is 18.7. The molecular formula is C32H39N3O5. The summed E-state index contributed by atoms with van der Waals surface area (Å²) in [6.07, 6.45) is 6.44. The van der Waals surface area contributed by atoms with Gasteiger partial charge in [0.1, 0.15) is 5.75 Å². The van der Waals surface area contributed by atoms with Crippen LogP contribution in [-0.2, 0) is 16.1 Å². The third kappa shape index (κ3) is 9.17. The quantitative estimate of drug-likeness (QED) is 0.264. The molecule has 1 aliphatic rings. The second-order valence-electron chi connectivity index (χ2n) is 9.84. The highest BCUT2D eigenvalue weighted by Gasteiger charge is 2.19. The van der Waals surface area contributed by atoms with Gasteiger partial charge in [0, 0.05) is 62.6 Å². The van der Waals surface area contributed by atoms with E-state index in [-0.39, 0.29) is 12.3 Å². The van der Waals surface area contributed by atoms with Crippen LogP contribution in [0.2, 0.25) is 0 Å². The van der Waals surface area contributed by atoms with Crippen LogP contribution in [0.5, 0.6) is 5.75 Å². The number of benzene rings is 2. The Morgan fingerprint density at radius 2 is 1.68 bits per heavy atom. The number of pyridine rings is 1. The Labute approximate surface area is 238 Å². The topological polar surface area (TPSA) is 92.2 Å². The van der Waals surface area contributed by atoms with Gasteiger partial charge >= 0.3 is 5.97 Å². The first-order valence-electron chi connectivity index (χ1n) is 14.6. The minimum absolute atomic E-state index is 0.149. The Balaban J connectivity index is 1.47. The fourth-order valence-corrected chi connectivity index (χ4v) is 4.65. The van der Waals surface area contributed by atoms with E-state index in [0.717, 1.165) is 50.0 Å². The van der Waals surface area contributed by atoms with E-state index in [1.807, 2.05) is 60.7 Å². The number of morpholine rings is 1. The van der Waals surface area contributed by atoms with Crippen LogP contribution in [-0.4, -0.2) is 77.8 Å². The summed E-state index contributed by atoms with van der Waals surface area (Å²) < 4.78 is 20.7. The minimum Gasteiger partial charge on any atom is -0.493 e. The molecule has 1 amide bonds. The Bertz CT molecular complexity index is 1240. The maximum Gasteiger partial charge on any atom is 0.303 e. The number of aliphatic carboxylic acids is 1. The smallest absolute Gasteiger partial charge is 0.303 e. The lowest BCUT2D eigenvalue weighted by Gasteiger charge is -2.29. The van der Waals surface area contributed by atoms with Crippen molar-refractivity contribution in [2.24, 2.45) is 0 Å². The van der Waals surface area contributed by atoms with Crippen LogP contribution < -0.4 is 4.74 Å². The van der Waals surface area contributed by atoms with E-state index in [4.69, 9.17) is 14.6 Å². The molecule has 1 aromatic heterocycles. The van der Waals surface area contributed by atoms with Crippen LogP contribution in [0.15, 0.2) is 73.1 Å². The summed E-state index contributed by atoms with van der Waals surface area (Å²) in [4.78, 5) is 32.6. The van der Waals surface area contributed by atoms with Gasteiger partial charge in [-0.3, -0.25) is 19.5 Å². The largest absolute Gasteiger partial charge is 0.493 e. The van der Waals surface area contributed by atoms with E-state index >= 15 is 0 Å². The van der Waals surface area contributed by atoms with E-state index in [9.17, 15) is 11.0 Å². The summed E-state index contributed by atoms with van der Waals surface area (Å²) in [6.45, 7) is 3.91. The lowest BCUT2D eigenvalue weighted by molar-refractivity contribution is -0.137. The molecule has 8 heteroatoms. The highest BCUT2D eigenvalue weighted by atomic mass is 16.5. The molecule has 0 aliphatic carbocycles. The van der Waals surface area contributed by atoms with Crippen molar-refractivity contribution in [3.8, 4) is 16.9 Å². The predicted molar refractivity (Wildman–Crippen MR) is 154 cm³/mol. The number of para-hydroxylation sites is 1. The summed E-state index contributed by atoms with van der Waals surface area (Å²) >= 11 is 0. The zero-order valence-electron chi connectivity index (χ0n) is 23.9. The normalized spacial score (nSPS) is 14.8. The number of nitrogens with zero attached hydrogens (tertiary/aromatic N) is 3. The van der Waals surface area contributed by atoms with Gasteiger partial charge in [0.05, 0.1) is 21.2 Å². The zero-order chi connectivity index (χ0) is 28.9. The molecule has 1 saturated heterocycles. The van der Waals surface area contributed by atoms with E-state index in [2.05, 4.69) is 9.88 Å². The molecule has 0 spiro atoms. The van der Waals surface area contributed by atoms with E-state index < -0.39 is 12.5 Å². The van der Waals surface area contributed by atoms with Crippen LogP contribution in [0.4, 0.5) is 0 Å². The fourth-order valence-electron chi connectivity index (χ4n) is 4.65. The molecule has 212 valence electrons. The highest BCUT2D eigenvalue weighted by Crippen LogP contribution is 2.23. The maximum absolute atomic E-state index is 13.9. The first-order valence-corrected chi connectivity index (χ1v) is 14.0. The molecule has 2 aromatic carbocycles. The second-order valence-corrected chi connectivity index (χ2v) is 9.84. The van der Waals surface area contributed by atoms with Gasteiger partial charge in [-0.2, -0.15) is 0 Å². The van der Waals surface area contributed by atoms with Gasteiger partial charge in [0.15, 0.2) is 0 Å². The third-order valence-corrected chi connectivity index (χ3v) is 6.89. The number of carbonyl (C=O) groups excluding carboxylic acids is 1. The molecule has 8 nitrogen and oxygen atoms in total. The van der Waals surface area contributed by atoms with Crippen LogP contribution in [0, 0.1) is 0 Å². The number of carbonyl (C=O) groups is 2. The van der Waals surface area contributed by atoms with Crippen molar-refractivity contribution in [3.05, 3.63) is 84.2 Å². The molecule has 2 heterocycles. The lowest BCUT2D eigenvalue weighted by Crippen LogP contribution is -2.39. The molecule has 0 bridgehead atoms. The van der Waals surface area contributed by atoms with Crippen molar-refractivity contribution in [2.45, 2.75) is 38.6 Å². The highest BCUT2D eigenvalue weighted by molar-refractivity contribution is 5.94. The lowest BCUT2D eigenvalue weighted by atomic mass is 10.0. The van der Waals surface area contributed by atoms with E-state index in [0.29, 0.717) is 49.7 Å². The van der Waals surface area contributed by atoms with Gasteiger partial charge < -0.3 is 19.5 Å². The van der Waals surface area contributed by atoms with Gasteiger partial charge in [-0.25, -0.2) is 0 Å². The molecule has 4 rings (SSSR count). The van der Waals surface area contributed by atoms with E-state index in [1.54, 1.807) is 17.3 Å². The van der Waals surface area contributed by atoms with E-state index in [1.165, 1.54) is 0 Å². The summed E-state index contributed by atoms with van der Waals surface area (Å²) in [5.74, 6) is -0.417. The molecular weight excluding hydrogens is 506 g/mol. The van der Waals surface area contributed by atoms with Crippen LogP contribution in [0.25, 0.3) is 11.1 Å². The first kappa shape index (κ1) is 27.8. The average molecular weight is 547 g/mol. The van der Waals surface area contributed by atoms with Crippen molar-refractivity contribution in [3.63, 3.8) is 0 Å². The maximum atomic E-state index is 13.9. The first-order chi connectivity index (χ1) is 20.0. The van der Waals surface area contributed by atoms with Crippen molar-refractivity contribution in [1.29, 1.82) is 0 Å². The number of carboxylic acid groups (broad SMARTS) is 1. The van der Waals surface area contributed by atoms with Gasteiger partial charge in [-0.1, -0.05) is 30.3 Å². The van der Waals surface area contributed by atoms with Crippen LogP contribution in [0.1, 0.15) is 49.4 Å². The molecule has 1 fully saturated rings. The summed E-state index contributed by atoms with van der Waals surface area (Å²) in [7, 11) is 0. The molecule has 1 unspecified atom stereocenters. The Kier molecular flexibility index (Phi) is 10.9. The number of amides is 1. The molecule has 0 saturated carbocycles. The number of ether oxygens (including phenoxy) is 2. The van der Waals surface area contributed by atoms with Gasteiger partial charge in [-0.15, -0.1) is 0 Å². The molecule has 1 aliphatic heterocycles. The number of rotatable bonds is 15. The van der Waals surface area contributed by atoms with Crippen LogP contribution >= 0.6 is 0 Å². The SMILES string of the molecule is [2H]C(c1ccccc1OCCCCCC(=O)O)N(CCCN1CCOCC1)C(=O)c1ccc(-c2ccncc2)cc1. The predicted octanol–water partition coefficient (Wildman–Crippen LogP) is 5.14. The fraction of sp³-hybridized carbons (Fsp3) is 0.406. The standard InChI is InChI=1S/C32H39N3O5/c36-31(37)9-2-1-5-22-40-30-8-4-3-7-29(30)25-35(19-6-18-34-20-23-39-24-21-34)32(38)28-12-10-26(11-13-28)27-14-16-33-17-15-27/h3-4,7-8,10-17H,1-2,5-6,9,18-25H2,(H,36,37)/i25D. The molecule has 0 radical (unpaired) electrons. The van der Waals surface area contributed by atoms with Crippen LogP contribution in [0.3, 0.4) is 0 Å². The monoisotopic (exact) mass is 546 g/mol. The number of unbranched alkanes of at least 4 members (excludes halogenated alkanes) is 2. The Hall–Kier alpha value is -3.75. The van der Waals surface area contributed by atoms with Gasteiger partial charge in [0.25, 0.3) is 5.91 Å². The summed E-state index contributed by atoms with van der Waals surface area (Å²) in [5.41, 5.74) is 3.18. The molecule has 3 aromatic rings. The van der Waals surface area contributed by atoms with Crippen molar-refractivity contribution < 1.29 is 25.5 Å². The number of aromatic nitrogens is 1. The van der Waals surface area contributed by atoms with Crippen molar-refractivity contribution in [2.75, 3.05) is 46.0 Å². The van der Waals surface area contributed by atoms with Crippen molar-refractivity contribution >= 4 is 11.9 Å². The Morgan fingerprint density at radius 3 is 2.42 bits per heavy atom. The van der Waals surface area contributed by atoms with Gasteiger partial charge in [-0.05, 0) is 67.1 Å². The Morgan fingerprint density at radius 1 is 0.950 bits per heavy atom. The number of hydrogen-bond acceptors (Lipinski definition) is 6. The number of carboxylic acids is 1. The molecule has 1 atom stereocenters. The number of hydrogen-bond donors (Lipinski definition) is 1. The van der Waals surface area contributed by atoms with Gasteiger partial charge in [0.2, 0.25) is 0 Å². The third-order valence-electron chi connectivity index (χ3n) is 6.89. The zero-order valence-corrected chi connectivity index (χ0v) is 22.9. The average Bonchev–Trinajstić information content (AvgIpc) is 3.01. The molecule has 40 heavy (non-hydrogen) atoms. The summed E-state index contributed by atoms with van der Waals surface area (Å²) in [5, 5.41) is 8.83. The molecule has 1 N–H and O–H groups in total. The minimum atomic E-state index is -0.949. The second kappa shape index (κ2) is 15.7. The van der Waals surface area contributed by atoms with Crippen molar-refractivity contribution in [1.82, 2.24) is 14.8 Å².